The van der Waals surface area contributed by atoms with E-state index in [1.807, 2.05) is 0 Å². The van der Waals surface area contributed by atoms with Crippen LogP contribution in [0.2, 0.25) is 0 Å². The van der Waals surface area contributed by atoms with Crippen molar-refractivity contribution in [1.29, 1.82) is 0 Å². The second kappa shape index (κ2) is 6.23. The number of nitrogens with one attached hydrogen (secondary N) is 1. The average Bonchev–Trinajstić information content (AvgIpc) is 2.92. The molecule has 1 nitrogen and oxygen atoms in total. The molecule has 104 valence electrons. The van der Waals surface area contributed by atoms with E-state index in [0.717, 1.165) is 18.5 Å². The third kappa shape index (κ3) is 3.29. The maximum Gasteiger partial charge on any atom is 0.0208 e. The summed E-state index contributed by atoms with van der Waals surface area (Å²) in [5, 5.41) is 3.69. The highest BCUT2D eigenvalue weighted by atomic mass is 14.9. The van der Waals surface area contributed by atoms with Gasteiger partial charge in [0.05, 0.1) is 0 Å². The van der Waals surface area contributed by atoms with Gasteiger partial charge in [0.2, 0.25) is 0 Å². The van der Waals surface area contributed by atoms with Crippen LogP contribution in [0, 0.1) is 5.92 Å². The minimum Gasteiger partial charge on any atom is -0.310 e. The molecule has 1 saturated carbocycles. The molecule has 0 heterocycles. The van der Waals surface area contributed by atoms with Crippen molar-refractivity contribution >= 4 is 0 Å². The van der Waals surface area contributed by atoms with Gasteiger partial charge in [-0.3, -0.25) is 0 Å². The Balaban J connectivity index is 1.59. The summed E-state index contributed by atoms with van der Waals surface area (Å²) in [6.45, 7) is 3.35. The lowest BCUT2D eigenvalue weighted by atomic mass is 10.0. The van der Waals surface area contributed by atoms with E-state index in [2.05, 4.69) is 66.8 Å². The third-order valence-electron chi connectivity index (χ3n) is 4.35. The number of hydrogen-bond acceptors (Lipinski definition) is 1. The van der Waals surface area contributed by atoms with Crippen LogP contribution in [0.4, 0.5) is 0 Å². The summed E-state index contributed by atoms with van der Waals surface area (Å²) in [4.78, 5) is 0. The second-order valence-electron chi connectivity index (χ2n) is 6.06. The van der Waals surface area contributed by atoms with Crippen molar-refractivity contribution in [3.8, 4) is 11.1 Å². The van der Waals surface area contributed by atoms with E-state index in [1.165, 1.54) is 36.0 Å². The highest BCUT2D eigenvalue weighted by molar-refractivity contribution is 5.63. The molecule has 2 atom stereocenters. The van der Waals surface area contributed by atoms with Gasteiger partial charge in [-0.25, -0.2) is 0 Å². The Labute approximate surface area is 122 Å². The monoisotopic (exact) mass is 265 g/mol. The quantitative estimate of drug-likeness (QED) is 0.849. The minimum absolute atomic E-state index is 0.721. The largest absolute Gasteiger partial charge is 0.310 e. The molecular formula is C19H23N. The molecule has 2 unspecified atom stereocenters. The number of rotatable bonds is 4. The molecule has 0 spiro atoms. The van der Waals surface area contributed by atoms with E-state index in [-0.39, 0.29) is 0 Å². The molecule has 1 heteroatoms. The van der Waals surface area contributed by atoms with E-state index in [4.69, 9.17) is 0 Å². The van der Waals surface area contributed by atoms with Crippen molar-refractivity contribution in [3.63, 3.8) is 0 Å². The first-order chi connectivity index (χ1) is 9.81. The highest BCUT2D eigenvalue weighted by Gasteiger charge is 2.20. The van der Waals surface area contributed by atoms with Crippen LogP contribution in [0.5, 0.6) is 0 Å². The molecule has 0 amide bonds. The predicted octanol–water partition coefficient (Wildman–Crippen LogP) is 4.63. The van der Waals surface area contributed by atoms with Gasteiger partial charge >= 0.3 is 0 Å². The summed E-state index contributed by atoms with van der Waals surface area (Å²) in [6.07, 6.45) is 4.05. The maximum absolute atomic E-state index is 3.69. The topological polar surface area (TPSA) is 12.0 Å². The fourth-order valence-corrected chi connectivity index (χ4v) is 3.10. The highest BCUT2D eigenvalue weighted by Crippen LogP contribution is 2.25. The molecule has 0 aliphatic heterocycles. The van der Waals surface area contributed by atoms with Gasteiger partial charge in [-0.1, -0.05) is 61.5 Å². The van der Waals surface area contributed by atoms with Gasteiger partial charge in [0.1, 0.15) is 0 Å². The smallest absolute Gasteiger partial charge is 0.0208 e. The molecule has 0 radical (unpaired) electrons. The molecule has 20 heavy (non-hydrogen) atoms. The molecule has 1 fully saturated rings. The second-order valence-corrected chi connectivity index (χ2v) is 6.06. The minimum atomic E-state index is 0.721. The zero-order chi connectivity index (χ0) is 13.8. The summed E-state index contributed by atoms with van der Waals surface area (Å²) < 4.78 is 0. The first kappa shape index (κ1) is 13.4. The van der Waals surface area contributed by atoms with Crippen molar-refractivity contribution in [2.45, 2.75) is 38.8 Å². The van der Waals surface area contributed by atoms with Gasteiger partial charge in [0, 0.05) is 12.6 Å². The molecule has 0 saturated heterocycles. The maximum atomic E-state index is 3.69. The van der Waals surface area contributed by atoms with Gasteiger partial charge < -0.3 is 5.32 Å². The fourth-order valence-electron chi connectivity index (χ4n) is 3.10. The molecule has 0 aromatic heterocycles. The normalized spacial score (nSPS) is 22.1. The Bertz CT molecular complexity index is 529. The predicted molar refractivity (Wildman–Crippen MR) is 85.5 cm³/mol. The zero-order valence-electron chi connectivity index (χ0n) is 12.2. The Morgan fingerprint density at radius 3 is 2.25 bits per heavy atom. The standard InChI is InChI=1S/C19H23N/c1-15-7-12-19(13-15)20-14-16-8-10-18(11-9-16)17-5-3-2-4-6-17/h2-6,8-11,15,19-20H,7,12-14H2,1H3. The zero-order valence-corrected chi connectivity index (χ0v) is 12.2. The lowest BCUT2D eigenvalue weighted by molar-refractivity contribution is 0.502. The van der Waals surface area contributed by atoms with Crippen LogP contribution >= 0.6 is 0 Å². The summed E-state index contributed by atoms with van der Waals surface area (Å²) in [7, 11) is 0. The Morgan fingerprint density at radius 2 is 1.60 bits per heavy atom. The lowest BCUT2D eigenvalue weighted by Gasteiger charge is -2.12. The Morgan fingerprint density at radius 1 is 0.900 bits per heavy atom. The van der Waals surface area contributed by atoms with Gasteiger partial charge in [0.25, 0.3) is 0 Å². The molecule has 1 aliphatic carbocycles. The lowest BCUT2D eigenvalue weighted by Crippen LogP contribution is -2.25. The van der Waals surface area contributed by atoms with Gasteiger partial charge in [-0.2, -0.15) is 0 Å². The molecule has 1 aliphatic rings. The summed E-state index contributed by atoms with van der Waals surface area (Å²) in [6, 6.07) is 20.2. The molecule has 0 bridgehead atoms. The molecular weight excluding hydrogens is 242 g/mol. The number of hydrogen-bond donors (Lipinski definition) is 1. The van der Waals surface area contributed by atoms with Crippen molar-refractivity contribution in [1.82, 2.24) is 5.32 Å². The van der Waals surface area contributed by atoms with Crippen LogP contribution in [0.1, 0.15) is 31.7 Å². The van der Waals surface area contributed by atoms with Crippen molar-refractivity contribution < 1.29 is 0 Å². The van der Waals surface area contributed by atoms with Crippen molar-refractivity contribution in [2.24, 2.45) is 5.92 Å². The van der Waals surface area contributed by atoms with Crippen molar-refractivity contribution in [3.05, 3.63) is 60.2 Å². The van der Waals surface area contributed by atoms with Crippen LogP contribution in [-0.2, 0) is 6.54 Å². The molecule has 2 aromatic carbocycles. The van der Waals surface area contributed by atoms with E-state index in [1.54, 1.807) is 0 Å². The van der Waals surface area contributed by atoms with Crippen LogP contribution in [-0.4, -0.2) is 6.04 Å². The summed E-state index contributed by atoms with van der Waals surface area (Å²) in [5.41, 5.74) is 3.96. The van der Waals surface area contributed by atoms with E-state index in [9.17, 15) is 0 Å². The Kier molecular flexibility index (Phi) is 4.17. The van der Waals surface area contributed by atoms with E-state index < -0.39 is 0 Å². The Hall–Kier alpha value is -1.60. The fraction of sp³-hybridized carbons (Fsp3) is 0.368. The summed E-state index contributed by atoms with van der Waals surface area (Å²) >= 11 is 0. The summed E-state index contributed by atoms with van der Waals surface area (Å²) in [5.74, 6) is 0.896. The van der Waals surface area contributed by atoms with Gasteiger partial charge in [0.15, 0.2) is 0 Å². The molecule has 1 N–H and O–H groups in total. The average molecular weight is 265 g/mol. The van der Waals surface area contributed by atoms with Crippen LogP contribution in [0.3, 0.4) is 0 Å². The first-order valence-corrected chi connectivity index (χ1v) is 7.69. The molecule has 3 rings (SSSR count). The third-order valence-corrected chi connectivity index (χ3v) is 4.35. The van der Waals surface area contributed by atoms with E-state index >= 15 is 0 Å². The number of benzene rings is 2. The molecule has 2 aromatic rings. The SMILES string of the molecule is CC1CCC(NCc2ccc(-c3ccccc3)cc2)C1. The van der Waals surface area contributed by atoms with Crippen LogP contribution in [0.25, 0.3) is 11.1 Å². The first-order valence-electron chi connectivity index (χ1n) is 7.69. The van der Waals surface area contributed by atoms with Gasteiger partial charge in [-0.05, 0) is 41.9 Å². The van der Waals surface area contributed by atoms with Crippen molar-refractivity contribution in [2.75, 3.05) is 0 Å². The van der Waals surface area contributed by atoms with Crippen LogP contribution in [0.15, 0.2) is 54.6 Å². The van der Waals surface area contributed by atoms with Crippen LogP contribution < -0.4 is 5.32 Å². The van der Waals surface area contributed by atoms with Gasteiger partial charge in [-0.15, -0.1) is 0 Å². The van der Waals surface area contributed by atoms with E-state index in [0.29, 0.717) is 0 Å².